The second kappa shape index (κ2) is 5.84. The van der Waals surface area contributed by atoms with Crippen molar-refractivity contribution in [3.05, 3.63) is 41.5 Å². The third-order valence-electron chi connectivity index (χ3n) is 3.35. The van der Waals surface area contributed by atoms with Crippen LogP contribution in [0.4, 0.5) is 0 Å². The summed E-state index contributed by atoms with van der Waals surface area (Å²) in [5.74, 6) is 2.75. The minimum Gasteiger partial charge on any atom is -0.496 e. The van der Waals surface area contributed by atoms with Crippen molar-refractivity contribution in [1.82, 2.24) is 20.1 Å². The Bertz CT molecular complexity index is 550. The Kier molecular flexibility index (Phi) is 4.16. The molecule has 2 rings (SSSR count). The van der Waals surface area contributed by atoms with Crippen LogP contribution in [0.3, 0.4) is 0 Å². The molecule has 1 atom stereocenters. The molecule has 0 unspecified atom stereocenters. The van der Waals surface area contributed by atoms with Gasteiger partial charge in [0.2, 0.25) is 0 Å². The Morgan fingerprint density at radius 1 is 1.32 bits per heavy atom. The van der Waals surface area contributed by atoms with Crippen molar-refractivity contribution in [2.24, 2.45) is 7.05 Å². The van der Waals surface area contributed by atoms with Crippen LogP contribution < -0.4 is 10.1 Å². The zero-order valence-electron chi connectivity index (χ0n) is 11.8. The minimum absolute atomic E-state index is 0.188. The highest BCUT2D eigenvalue weighted by Gasteiger charge is 2.12. The second-order valence-electron chi connectivity index (χ2n) is 4.57. The number of para-hydroxylation sites is 1. The van der Waals surface area contributed by atoms with E-state index in [2.05, 4.69) is 28.5 Å². The van der Waals surface area contributed by atoms with Gasteiger partial charge in [-0.1, -0.05) is 18.2 Å². The number of benzene rings is 1. The van der Waals surface area contributed by atoms with E-state index < -0.39 is 0 Å². The molecule has 0 saturated heterocycles. The van der Waals surface area contributed by atoms with Crippen molar-refractivity contribution in [3.8, 4) is 5.75 Å². The predicted molar refractivity (Wildman–Crippen MR) is 74.0 cm³/mol. The molecular formula is C14H20N4O. The highest BCUT2D eigenvalue weighted by Crippen LogP contribution is 2.24. The molecule has 1 heterocycles. The van der Waals surface area contributed by atoms with Crippen LogP contribution in [0, 0.1) is 6.92 Å². The predicted octanol–water partition coefficient (Wildman–Crippen LogP) is 1.98. The van der Waals surface area contributed by atoms with Crippen molar-refractivity contribution in [1.29, 1.82) is 0 Å². The lowest BCUT2D eigenvalue weighted by atomic mass is 10.1. The molecule has 102 valence electrons. The molecule has 0 spiro atoms. The number of hydrogen-bond acceptors (Lipinski definition) is 4. The standard InChI is InChI=1S/C14H20N4O/c1-10(12-7-5-6-8-13(12)19-4)15-9-14-17-16-11(2)18(14)3/h5-8,10,15H,9H2,1-4H3/t10-/m0/s1. The molecule has 0 radical (unpaired) electrons. The molecule has 0 aliphatic heterocycles. The van der Waals surface area contributed by atoms with Gasteiger partial charge in [0.25, 0.3) is 0 Å². The molecule has 0 aliphatic carbocycles. The van der Waals surface area contributed by atoms with Crippen molar-refractivity contribution in [2.75, 3.05) is 7.11 Å². The molecule has 5 heteroatoms. The first kappa shape index (κ1) is 13.5. The van der Waals surface area contributed by atoms with E-state index in [1.807, 2.05) is 36.7 Å². The van der Waals surface area contributed by atoms with Gasteiger partial charge in [0, 0.05) is 18.7 Å². The third-order valence-corrected chi connectivity index (χ3v) is 3.35. The summed E-state index contributed by atoms with van der Waals surface area (Å²) in [4.78, 5) is 0. The van der Waals surface area contributed by atoms with Gasteiger partial charge in [-0.15, -0.1) is 10.2 Å². The lowest BCUT2D eigenvalue weighted by Crippen LogP contribution is -2.20. The average molecular weight is 260 g/mol. The number of nitrogens with one attached hydrogen (secondary N) is 1. The summed E-state index contributed by atoms with van der Waals surface area (Å²) in [6.45, 7) is 4.73. The monoisotopic (exact) mass is 260 g/mol. The van der Waals surface area contributed by atoms with Crippen LogP contribution in [-0.4, -0.2) is 21.9 Å². The van der Waals surface area contributed by atoms with Gasteiger partial charge in [0.05, 0.1) is 13.7 Å². The molecule has 19 heavy (non-hydrogen) atoms. The largest absolute Gasteiger partial charge is 0.496 e. The minimum atomic E-state index is 0.188. The molecule has 1 aromatic carbocycles. The van der Waals surface area contributed by atoms with Gasteiger partial charge in [-0.25, -0.2) is 0 Å². The van der Waals surface area contributed by atoms with Crippen molar-refractivity contribution in [3.63, 3.8) is 0 Å². The van der Waals surface area contributed by atoms with Crippen LogP contribution in [0.25, 0.3) is 0 Å². The van der Waals surface area contributed by atoms with Crippen LogP contribution >= 0.6 is 0 Å². The first-order valence-corrected chi connectivity index (χ1v) is 6.34. The Morgan fingerprint density at radius 3 is 2.68 bits per heavy atom. The van der Waals surface area contributed by atoms with Crippen LogP contribution in [0.1, 0.15) is 30.2 Å². The summed E-state index contributed by atoms with van der Waals surface area (Å²) in [5, 5.41) is 11.6. The topological polar surface area (TPSA) is 52.0 Å². The van der Waals surface area contributed by atoms with Gasteiger partial charge < -0.3 is 14.6 Å². The maximum atomic E-state index is 5.37. The van der Waals surface area contributed by atoms with Crippen LogP contribution in [0.2, 0.25) is 0 Å². The maximum absolute atomic E-state index is 5.37. The fraction of sp³-hybridized carbons (Fsp3) is 0.429. The van der Waals surface area contributed by atoms with E-state index in [1.54, 1.807) is 7.11 Å². The number of aryl methyl sites for hydroxylation is 1. The average Bonchev–Trinajstić information content (AvgIpc) is 2.76. The van der Waals surface area contributed by atoms with E-state index in [0.29, 0.717) is 6.54 Å². The summed E-state index contributed by atoms with van der Waals surface area (Å²) in [6, 6.07) is 8.22. The van der Waals surface area contributed by atoms with Crippen molar-refractivity contribution < 1.29 is 4.74 Å². The zero-order chi connectivity index (χ0) is 13.8. The Balaban J connectivity index is 2.05. The summed E-state index contributed by atoms with van der Waals surface area (Å²) in [7, 11) is 3.66. The normalized spacial score (nSPS) is 12.4. The molecule has 1 aromatic heterocycles. The summed E-state index contributed by atoms with van der Waals surface area (Å²) in [5.41, 5.74) is 1.14. The molecule has 0 bridgehead atoms. The first-order chi connectivity index (χ1) is 9.13. The quantitative estimate of drug-likeness (QED) is 0.893. The fourth-order valence-electron chi connectivity index (χ4n) is 1.98. The zero-order valence-corrected chi connectivity index (χ0v) is 11.8. The summed E-state index contributed by atoms with van der Waals surface area (Å²) >= 11 is 0. The van der Waals surface area contributed by atoms with Crippen molar-refractivity contribution in [2.45, 2.75) is 26.4 Å². The van der Waals surface area contributed by atoms with E-state index in [9.17, 15) is 0 Å². The summed E-state index contributed by atoms with van der Waals surface area (Å²) in [6.07, 6.45) is 0. The highest BCUT2D eigenvalue weighted by atomic mass is 16.5. The Labute approximate surface area is 113 Å². The number of methoxy groups -OCH3 is 1. The maximum Gasteiger partial charge on any atom is 0.146 e. The highest BCUT2D eigenvalue weighted by molar-refractivity contribution is 5.35. The molecule has 0 saturated carbocycles. The molecule has 1 N–H and O–H groups in total. The van der Waals surface area contributed by atoms with Gasteiger partial charge in [0.1, 0.15) is 17.4 Å². The molecule has 0 aliphatic rings. The van der Waals surface area contributed by atoms with Crippen LogP contribution in [-0.2, 0) is 13.6 Å². The molecule has 5 nitrogen and oxygen atoms in total. The van der Waals surface area contributed by atoms with Gasteiger partial charge in [-0.2, -0.15) is 0 Å². The lowest BCUT2D eigenvalue weighted by Gasteiger charge is -2.16. The van der Waals surface area contributed by atoms with E-state index in [1.165, 1.54) is 0 Å². The van der Waals surface area contributed by atoms with Gasteiger partial charge in [-0.3, -0.25) is 0 Å². The number of rotatable bonds is 5. The molecule has 0 amide bonds. The number of hydrogen-bond donors (Lipinski definition) is 1. The van der Waals surface area contributed by atoms with E-state index >= 15 is 0 Å². The molecular weight excluding hydrogens is 240 g/mol. The molecule has 2 aromatic rings. The van der Waals surface area contributed by atoms with Crippen LogP contribution in [0.15, 0.2) is 24.3 Å². The van der Waals surface area contributed by atoms with Gasteiger partial charge >= 0.3 is 0 Å². The van der Waals surface area contributed by atoms with Gasteiger partial charge in [-0.05, 0) is 19.9 Å². The van der Waals surface area contributed by atoms with E-state index in [4.69, 9.17) is 4.74 Å². The Morgan fingerprint density at radius 2 is 2.05 bits per heavy atom. The van der Waals surface area contributed by atoms with Crippen molar-refractivity contribution >= 4 is 0 Å². The molecule has 0 fully saturated rings. The number of aromatic nitrogens is 3. The van der Waals surface area contributed by atoms with E-state index in [0.717, 1.165) is 23.0 Å². The SMILES string of the molecule is COc1ccccc1[C@H](C)NCc1nnc(C)n1C. The van der Waals surface area contributed by atoms with E-state index in [-0.39, 0.29) is 6.04 Å². The third kappa shape index (κ3) is 2.93. The number of nitrogens with zero attached hydrogens (tertiary/aromatic N) is 3. The van der Waals surface area contributed by atoms with Crippen LogP contribution in [0.5, 0.6) is 5.75 Å². The Hall–Kier alpha value is -1.88. The summed E-state index contributed by atoms with van der Waals surface area (Å²) < 4.78 is 7.36. The first-order valence-electron chi connectivity index (χ1n) is 6.34. The fourth-order valence-corrected chi connectivity index (χ4v) is 1.98. The number of ether oxygens (including phenoxy) is 1. The van der Waals surface area contributed by atoms with Gasteiger partial charge in [0.15, 0.2) is 0 Å². The smallest absolute Gasteiger partial charge is 0.146 e. The lowest BCUT2D eigenvalue weighted by molar-refractivity contribution is 0.400. The second-order valence-corrected chi connectivity index (χ2v) is 4.57.